The van der Waals surface area contributed by atoms with E-state index in [1.54, 1.807) is 20.0 Å². The van der Waals surface area contributed by atoms with Crippen LogP contribution in [0.25, 0.3) is 0 Å². The zero-order valence-electron chi connectivity index (χ0n) is 15.9. The van der Waals surface area contributed by atoms with Crippen LogP contribution >= 0.6 is 11.6 Å². The number of nitrogens with zero attached hydrogens (tertiary/aromatic N) is 2. The normalized spacial score (nSPS) is 23.8. The first-order valence-electron chi connectivity index (χ1n) is 9.27. The van der Waals surface area contributed by atoms with E-state index in [0.717, 1.165) is 5.46 Å². The van der Waals surface area contributed by atoms with Crippen molar-refractivity contribution in [2.45, 2.75) is 43.4 Å². The van der Waals surface area contributed by atoms with Crippen molar-refractivity contribution in [3.05, 3.63) is 57.9 Å². The van der Waals surface area contributed by atoms with Crippen LogP contribution in [0, 0.1) is 0 Å². The maximum atomic E-state index is 13.2. The summed E-state index contributed by atoms with van der Waals surface area (Å²) in [6.07, 6.45) is -11.3. The summed E-state index contributed by atoms with van der Waals surface area (Å²) in [6.45, 7) is 0. The number of benzene rings is 1. The average Bonchev–Trinajstić information content (AvgIpc) is 3.23. The van der Waals surface area contributed by atoms with Gasteiger partial charge in [-0.1, -0.05) is 23.1 Å². The molecule has 2 aromatic rings. The van der Waals surface area contributed by atoms with Crippen LogP contribution in [0.5, 0.6) is 0 Å². The largest absolute Gasteiger partial charge is 0.439 e. The summed E-state index contributed by atoms with van der Waals surface area (Å²) >= 11 is 5.96. The molecule has 1 aromatic carbocycles. The standard InChI is InChI=1S/C19H14BClF6N2O2/c20-11-1-4-14(21)28-15(11)12-2-3-13-16(31-17(30)29(12)13)8-5-9(18(22,23)24)7-10(6-8)19(25,26)27/h1,4-7,12-13,16H,2-3,20H2/t12-,13-,16+/m0/s1. The molecule has 12 heteroatoms. The van der Waals surface area contributed by atoms with Crippen molar-refractivity contribution in [2.75, 3.05) is 0 Å². The van der Waals surface area contributed by atoms with Crippen molar-refractivity contribution < 1.29 is 35.9 Å². The van der Waals surface area contributed by atoms with Crippen LogP contribution in [0.15, 0.2) is 30.3 Å². The summed E-state index contributed by atoms with van der Waals surface area (Å²) in [7, 11) is 1.77. The fraction of sp³-hybridized carbons (Fsp3) is 0.368. The molecule has 2 aliphatic rings. The van der Waals surface area contributed by atoms with E-state index < -0.39 is 47.8 Å². The number of fused-ring (bicyclic) bond motifs is 1. The van der Waals surface area contributed by atoms with Crippen LogP contribution in [0.2, 0.25) is 5.15 Å². The minimum Gasteiger partial charge on any atom is -0.439 e. The van der Waals surface area contributed by atoms with Gasteiger partial charge < -0.3 is 4.74 Å². The lowest BCUT2D eigenvalue weighted by Gasteiger charge is -2.23. The molecule has 0 bridgehead atoms. The highest BCUT2D eigenvalue weighted by molar-refractivity contribution is 6.34. The lowest BCUT2D eigenvalue weighted by atomic mass is 9.90. The molecule has 1 amide bonds. The number of hydrogen-bond donors (Lipinski definition) is 0. The molecule has 2 saturated heterocycles. The molecular weight excluding hydrogens is 448 g/mol. The van der Waals surface area contributed by atoms with Gasteiger partial charge in [-0.3, -0.25) is 4.90 Å². The van der Waals surface area contributed by atoms with E-state index in [0.29, 0.717) is 30.7 Å². The third kappa shape index (κ3) is 3.95. The Bertz CT molecular complexity index is 1010. The summed E-state index contributed by atoms with van der Waals surface area (Å²) in [4.78, 5) is 18.2. The molecule has 4 rings (SSSR count). The van der Waals surface area contributed by atoms with Gasteiger partial charge in [-0.05, 0) is 42.7 Å². The summed E-state index contributed by atoms with van der Waals surface area (Å²) in [5.41, 5.74) is -1.97. The van der Waals surface area contributed by atoms with Gasteiger partial charge in [0, 0.05) is 0 Å². The molecule has 1 aromatic heterocycles. The fourth-order valence-corrected chi connectivity index (χ4v) is 4.36. The molecule has 0 radical (unpaired) electrons. The quantitative estimate of drug-likeness (QED) is 0.377. The van der Waals surface area contributed by atoms with Gasteiger partial charge in [0.05, 0.1) is 28.9 Å². The van der Waals surface area contributed by atoms with Crippen molar-refractivity contribution in [1.82, 2.24) is 9.88 Å². The van der Waals surface area contributed by atoms with Gasteiger partial charge in [0.1, 0.15) is 19.1 Å². The van der Waals surface area contributed by atoms with Crippen molar-refractivity contribution in [2.24, 2.45) is 0 Å². The Morgan fingerprint density at radius 2 is 1.65 bits per heavy atom. The lowest BCUT2D eigenvalue weighted by molar-refractivity contribution is -0.143. The number of ether oxygens (including phenoxy) is 1. The Kier molecular flexibility index (Phi) is 5.15. The number of pyridine rings is 1. The van der Waals surface area contributed by atoms with Gasteiger partial charge in [-0.25, -0.2) is 9.78 Å². The molecule has 31 heavy (non-hydrogen) atoms. The number of amides is 1. The SMILES string of the molecule is Bc1ccc(Cl)nc1[C@@H]1CC[C@H]2[C@@H](c3cc(C(F)(F)F)cc(C(F)(F)F)c3)OC(=O)N12. The number of carbonyl (C=O) groups excluding carboxylic acids is 1. The summed E-state index contributed by atoms with van der Waals surface area (Å²) < 4.78 is 84.6. The summed E-state index contributed by atoms with van der Waals surface area (Å²) in [5.74, 6) is 0. The molecule has 2 fully saturated rings. The van der Waals surface area contributed by atoms with Crippen LogP contribution in [-0.2, 0) is 17.1 Å². The molecule has 0 N–H and O–H groups in total. The predicted octanol–water partition coefficient (Wildman–Crippen LogP) is 4.43. The van der Waals surface area contributed by atoms with Crippen LogP contribution in [0.3, 0.4) is 0 Å². The highest BCUT2D eigenvalue weighted by Crippen LogP contribution is 2.48. The predicted molar refractivity (Wildman–Crippen MR) is 101 cm³/mol. The number of alkyl halides is 6. The molecule has 0 spiro atoms. The van der Waals surface area contributed by atoms with E-state index in [9.17, 15) is 31.1 Å². The van der Waals surface area contributed by atoms with E-state index >= 15 is 0 Å². The van der Waals surface area contributed by atoms with E-state index in [1.165, 1.54) is 4.90 Å². The van der Waals surface area contributed by atoms with Gasteiger partial charge in [0.25, 0.3) is 0 Å². The zero-order valence-corrected chi connectivity index (χ0v) is 16.6. The lowest BCUT2D eigenvalue weighted by Crippen LogP contribution is -2.33. The Hall–Kier alpha value is -2.43. The molecule has 2 aliphatic heterocycles. The van der Waals surface area contributed by atoms with Crippen LogP contribution < -0.4 is 5.46 Å². The summed E-state index contributed by atoms with van der Waals surface area (Å²) in [6, 6.07) is 3.31. The average molecular weight is 463 g/mol. The van der Waals surface area contributed by atoms with Crippen LogP contribution in [0.4, 0.5) is 31.1 Å². The van der Waals surface area contributed by atoms with Crippen LogP contribution in [0.1, 0.15) is 47.4 Å². The Morgan fingerprint density at radius 3 is 2.23 bits per heavy atom. The third-order valence-corrected chi connectivity index (χ3v) is 5.78. The second-order valence-corrected chi connectivity index (χ2v) is 7.93. The molecule has 0 unspecified atom stereocenters. The topological polar surface area (TPSA) is 42.4 Å². The number of hydrogen-bond acceptors (Lipinski definition) is 3. The minimum atomic E-state index is -4.99. The van der Waals surface area contributed by atoms with E-state index in [4.69, 9.17) is 16.3 Å². The number of cyclic esters (lactones) is 1. The first-order chi connectivity index (χ1) is 14.4. The molecule has 3 heterocycles. The maximum absolute atomic E-state index is 13.2. The third-order valence-electron chi connectivity index (χ3n) is 5.57. The van der Waals surface area contributed by atoms with Gasteiger partial charge >= 0.3 is 18.4 Å². The molecular formula is C19H14BClF6N2O2. The number of aromatic nitrogens is 1. The highest BCUT2D eigenvalue weighted by atomic mass is 35.5. The maximum Gasteiger partial charge on any atom is 0.416 e. The zero-order chi connectivity index (χ0) is 22.7. The molecule has 0 aliphatic carbocycles. The molecule has 0 saturated carbocycles. The molecule has 164 valence electrons. The minimum absolute atomic E-state index is 0.0503. The Labute approximate surface area is 178 Å². The Balaban J connectivity index is 1.73. The second kappa shape index (κ2) is 7.32. The van der Waals surface area contributed by atoms with Crippen molar-refractivity contribution >= 4 is 31.0 Å². The summed E-state index contributed by atoms with van der Waals surface area (Å²) in [5, 5.41) is 0.209. The van der Waals surface area contributed by atoms with Crippen molar-refractivity contribution in [1.29, 1.82) is 0 Å². The van der Waals surface area contributed by atoms with Crippen molar-refractivity contribution in [3.63, 3.8) is 0 Å². The van der Waals surface area contributed by atoms with E-state index in [-0.39, 0.29) is 16.8 Å². The smallest absolute Gasteiger partial charge is 0.416 e. The number of halogens is 7. The van der Waals surface area contributed by atoms with E-state index in [1.807, 2.05) is 0 Å². The van der Waals surface area contributed by atoms with Gasteiger partial charge in [0.2, 0.25) is 0 Å². The molecule has 4 nitrogen and oxygen atoms in total. The number of carbonyl (C=O) groups is 1. The van der Waals surface area contributed by atoms with Crippen LogP contribution in [-0.4, -0.2) is 29.9 Å². The fourth-order valence-electron chi connectivity index (χ4n) is 4.20. The first-order valence-corrected chi connectivity index (χ1v) is 9.65. The van der Waals surface area contributed by atoms with Gasteiger partial charge in [0.15, 0.2) is 0 Å². The van der Waals surface area contributed by atoms with Gasteiger partial charge in [-0.2, -0.15) is 26.3 Å². The monoisotopic (exact) mass is 462 g/mol. The van der Waals surface area contributed by atoms with Crippen molar-refractivity contribution in [3.8, 4) is 0 Å². The first kappa shape index (κ1) is 21.8. The Morgan fingerprint density at radius 1 is 1.03 bits per heavy atom. The molecule has 3 atom stereocenters. The second-order valence-electron chi connectivity index (χ2n) is 7.55. The highest BCUT2D eigenvalue weighted by Gasteiger charge is 2.51. The van der Waals surface area contributed by atoms with E-state index in [2.05, 4.69) is 4.98 Å². The number of rotatable bonds is 2. The van der Waals surface area contributed by atoms with Gasteiger partial charge in [-0.15, -0.1) is 0 Å².